The molecule has 1 aromatic heterocycles. The van der Waals surface area contributed by atoms with Crippen LogP contribution in [0.15, 0.2) is 30.6 Å². The van der Waals surface area contributed by atoms with E-state index in [4.69, 9.17) is 4.74 Å². The van der Waals surface area contributed by atoms with Crippen molar-refractivity contribution in [2.75, 3.05) is 13.1 Å². The van der Waals surface area contributed by atoms with Gasteiger partial charge >= 0.3 is 0 Å². The quantitative estimate of drug-likeness (QED) is 0.490. The molecule has 188 valence electrons. The van der Waals surface area contributed by atoms with Gasteiger partial charge in [-0.25, -0.2) is 0 Å². The number of halogens is 1. The Morgan fingerprint density at radius 1 is 1.23 bits per heavy atom. The van der Waals surface area contributed by atoms with E-state index in [1.54, 1.807) is 6.07 Å². The van der Waals surface area contributed by atoms with E-state index in [0.29, 0.717) is 31.4 Å². The van der Waals surface area contributed by atoms with Gasteiger partial charge in [-0.3, -0.25) is 9.69 Å². The maximum absolute atomic E-state index is 12.9. The molecular weight excluding hydrogens is 466 g/mol. The topological polar surface area (TPSA) is 97.8 Å². The van der Waals surface area contributed by atoms with Crippen LogP contribution in [0.4, 0.5) is 0 Å². The van der Waals surface area contributed by atoms with Crippen LogP contribution in [0.1, 0.15) is 55.2 Å². The van der Waals surface area contributed by atoms with Gasteiger partial charge in [0.2, 0.25) is 5.91 Å². The number of piperidine rings is 1. The fourth-order valence-electron chi connectivity index (χ4n) is 7.68. The predicted octanol–water partition coefficient (Wildman–Crippen LogP) is 2.82. The maximum Gasteiger partial charge on any atom is 0.220 e. The summed E-state index contributed by atoms with van der Waals surface area (Å²) in [7, 11) is 0. The number of hydrogen-bond donors (Lipinski definition) is 4. The van der Waals surface area contributed by atoms with E-state index in [-0.39, 0.29) is 42.3 Å². The highest BCUT2D eigenvalue weighted by atomic mass is 35.5. The number of likely N-dealkylation sites (tertiary alicyclic amines) is 1. The average Bonchev–Trinajstić information content (AvgIpc) is 3.33. The van der Waals surface area contributed by atoms with E-state index >= 15 is 0 Å². The third-order valence-electron chi connectivity index (χ3n) is 9.41. The van der Waals surface area contributed by atoms with Gasteiger partial charge < -0.3 is 25.3 Å². The number of aryl methyl sites for hydroxylation is 1. The van der Waals surface area contributed by atoms with Crippen molar-refractivity contribution in [2.24, 2.45) is 5.92 Å². The van der Waals surface area contributed by atoms with E-state index in [0.717, 1.165) is 43.0 Å². The maximum atomic E-state index is 12.9. The van der Waals surface area contributed by atoms with Crippen molar-refractivity contribution in [1.29, 1.82) is 0 Å². The van der Waals surface area contributed by atoms with Crippen LogP contribution in [0.2, 0.25) is 0 Å². The minimum absolute atomic E-state index is 0. The summed E-state index contributed by atoms with van der Waals surface area (Å²) in [5.74, 6) is 1.45. The molecule has 4 N–H and O–H groups in total. The molecule has 8 heteroatoms. The van der Waals surface area contributed by atoms with Crippen LogP contribution >= 0.6 is 12.4 Å². The van der Waals surface area contributed by atoms with Crippen LogP contribution < -0.4 is 10.1 Å². The molecule has 5 aliphatic rings. The second kappa shape index (κ2) is 8.15. The van der Waals surface area contributed by atoms with Gasteiger partial charge in [0.05, 0.1) is 17.1 Å². The van der Waals surface area contributed by atoms with Crippen LogP contribution in [0.5, 0.6) is 11.5 Å². The Morgan fingerprint density at radius 3 is 2.86 bits per heavy atom. The monoisotopic (exact) mass is 499 g/mol. The fraction of sp³-hybridized carbons (Fsp3) is 0.593. The van der Waals surface area contributed by atoms with Gasteiger partial charge in [-0.1, -0.05) is 6.07 Å². The summed E-state index contributed by atoms with van der Waals surface area (Å²) in [6.07, 6.45) is 10.0. The van der Waals surface area contributed by atoms with Gasteiger partial charge in [-0.2, -0.15) is 0 Å². The number of aliphatic hydroxyl groups is 1. The Hall–Kier alpha value is -2.22. The largest absolute Gasteiger partial charge is 0.504 e. The van der Waals surface area contributed by atoms with Gasteiger partial charge in [0.25, 0.3) is 0 Å². The van der Waals surface area contributed by atoms with Gasteiger partial charge in [-0.05, 0) is 80.7 Å². The van der Waals surface area contributed by atoms with E-state index in [2.05, 4.69) is 15.2 Å². The minimum atomic E-state index is -0.913. The Kier molecular flexibility index (Phi) is 5.40. The van der Waals surface area contributed by atoms with Crippen LogP contribution in [-0.2, 0) is 23.1 Å². The second-order valence-corrected chi connectivity index (χ2v) is 11.2. The smallest absolute Gasteiger partial charge is 0.220 e. The first-order chi connectivity index (χ1) is 16.5. The molecule has 3 aliphatic carbocycles. The number of aromatic nitrogens is 1. The minimum Gasteiger partial charge on any atom is -0.504 e. The number of H-pyrrole nitrogens is 1. The first-order valence-corrected chi connectivity index (χ1v) is 12.9. The summed E-state index contributed by atoms with van der Waals surface area (Å²) < 4.78 is 6.52. The lowest BCUT2D eigenvalue weighted by molar-refractivity contribution is -0.192. The van der Waals surface area contributed by atoms with Gasteiger partial charge in [0.1, 0.15) is 6.10 Å². The molecule has 0 unspecified atom stereocenters. The Labute approximate surface area is 211 Å². The number of phenolic OH excluding ortho intramolecular Hbond substituents is 1. The second-order valence-electron chi connectivity index (χ2n) is 11.2. The summed E-state index contributed by atoms with van der Waals surface area (Å²) in [5.41, 5.74) is 1.81. The first-order valence-electron chi connectivity index (χ1n) is 12.9. The number of rotatable bonds is 6. The molecule has 1 aromatic carbocycles. The van der Waals surface area contributed by atoms with Crippen molar-refractivity contribution in [3.8, 4) is 11.5 Å². The van der Waals surface area contributed by atoms with Crippen LogP contribution in [0.3, 0.4) is 0 Å². The Bertz CT molecular complexity index is 1140. The molecule has 35 heavy (non-hydrogen) atoms. The number of amides is 1. The molecule has 1 amide bonds. The summed E-state index contributed by atoms with van der Waals surface area (Å²) in [5, 5.41) is 26.4. The van der Waals surface area contributed by atoms with Crippen molar-refractivity contribution < 1.29 is 19.7 Å². The zero-order chi connectivity index (χ0) is 23.1. The molecule has 5 atom stereocenters. The fourth-order valence-corrected chi connectivity index (χ4v) is 7.68. The molecule has 2 aromatic rings. The lowest BCUT2D eigenvalue weighted by Crippen LogP contribution is -2.78. The van der Waals surface area contributed by atoms with E-state index < -0.39 is 11.0 Å². The molecule has 7 rings (SSSR count). The summed E-state index contributed by atoms with van der Waals surface area (Å²) >= 11 is 0. The highest BCUT2D eigenvalue weighted by molar-refractivity contribution is 5.85. The van der Waals surface area contributed by atoms with E-state index in [1.807, 2.05) is 24.5 Å². The summed E-state index contributed by atoms with van der Waals surface area (Å²) in [6.45, 7) is 1.99. The molecule has 1 spiro atoms. The lowest BCUT2D eigenvalue weighted by atomic mass is 9.48. The van der Waals surface area contributed by atoms with Crippen LogP contribution in [0, 0.1) is 5.92 Å². The average molecular weight is 500 g/mol. The lowest BCUT2D eigenvalue weighted by Gasteiger charge is -2.64. The third kappa shape index (κ3) is 3.27. The normalized spacial score (nSPS) is 34.5. The summed E-state index contributed by atoms with van der Waals surface area (Å²) in [6, 6.07) is 5.62. The van der Waals surface area contributed by atoms with Crippen molar-refractivity contribution in [3.05, 3.63) is 47.3 Å². The molecule has 3 heterocycles. The number of phenols is 1. The summed E-state index contributed by atoms with van der Waals surface area (Å²) in [4.78, 5) is 18.5. The van der Waals surface area contributed by atoms with E-state index in [1.165, 1.54) is 18.4 Å². The number of carbonyl (C=O) groups excluding carboxylic acids is 1. The molecular formula is C27H34ClN3O4. The third-order valence-corrected chi connectivity index (χ3v) is 9.41. The van der Waals surface area contributed by atoms with Crippen molar-refractivity contribution in [2.45, 2.75) is 80.6 Å². The number of nitrogens with zero attached hydrogens (tertiary/aromatic N) is 1. The zero-order valence-electron chi connectivity index (χ0n) is 19.8. The predicted molar refractivity (Wildman–Crippen MR) is 133 cm³/mol. The van der Waals surface area contributed by atoms with Gasteiger partial charge in [0, 0.05) is 37.0 Å². The molecule has 0 radical (unpaired) electrons. The number of aromatic amines is 1. The van der Waals surface area contributed by atoms with Gasteiger partial charge in [0.15, 0.2) is 11.5 Å². The SMILES string of the molecule is Cl.O=C(CCc1cc[nH]c1)N[C@@H]1CC[C@@]2(O)[C@H]3Cc4ccc(O)c5c4[C@@]2(CCN3CC2CC2)[C@H]1O5. The molecule has 1 saturated heterocycles. The number of carbonyl (C=O) groups is 1. The molecule has 2 bridgehead atoms. The molecule has 2 aliphatic heterocycles. The van der Waals surface area contributed by atoms with Crippen molar-refractivity contribution in [1.82, 2.24) is 15.2 Å². The van der Waals surface area contributed by atoms with Crippen molar-refractivity contribution in [3.63, 3.8) is 0 Å². The molecule has 7 nitrogen and oxygen atoms in total. The van der Waals surface area contributed by atoms with Crippen LogP contribution in [0.25, 0.3) is 0 Å². The Morgan fingerprint density at radius 2 is 2.09 bits per heavy atom. The number of nitrogens with one attached hydrogen (secondary N) is 2. The number of ether oxygens (including phenoxy) is 1. The number of benzene rings is 1. The number of hydrogen-bond acceptors (Lipinski definition) is 5. The first kappa shape index (κ1) is 23.2. The van der Waals surface area contributed by atoms with Crippen molar-refractivity contribution >= 4 is 18.3 Å². The molecule has 2 saturated carbocycles. The number of aromatic hydroxyl groups is 1. The Balaban J connectivity index is 0.00000229. The van der Waals surface area contributed by atoms with E-state index in [9.17, 15) is 15.0 Å². The molecule has 3 fully saturated rings. The highest BCUT2D eigenvalue weighted by Gasteiger charge is 2.73. The highest BCUT2D eigenvalue weighted by Crippen LogP contribution is 2.65. The van der Waals surface area contributed by atoms with Gasteiger partial charge in [-0.15, -0.1) is 12.4 Å². The van der Waals surface area contributed by atoms with Crippen LogP contribution in [-0.4, -0.2) is 62.9 Å². The standard InChI is InChI=1S/C27H33N3O4.ClH/c31-20-5-4-18-13-21-27(33)9-7-19(29-22(32)6-3-16-8-11-28-14-16)25-26(27,23(18)24(20)34-25)10-12-30(21)15-17-1-2-17;/h4-5,8,11,14,17,19,21,25,28,31,33H,1-3,6-7,9-10,12-13,15H2,(H,29,32);1H/t19-,21-,25+,26+,27-;/m1./s1. The zero-order valence-corrected chi connectivity index (χ0v) is 20.7.